The molecule has 1 saturated carbocycles. The highest BCUT2D eigenvalue weighted by molar-refractivity contribution is 5.80. The van der Waals surface area contributed by atoms with Crippen LogP contribution in [-0.4, -0.2) is 101 Å². The number of hydrogen-bond donors (Lipinski definition) is 1. The van der Waals surface area contributed by atoms with Gasteiger partial charge in [0.05, 0.1) is 21.3 Å². The second kappa shape index (κ2) is 12.2. The molecule has 0 aromatic heterocycles. The summed E-state index contributed by atoms with van der Waals surface area (Å²) < 4.78 is 16.4. The molecule has 0 unspecified atom stereocenters. The van der Waals surface area contributed by atoms with Crippen molar-refractivity contribution in [1.29, 1.82) is 0 Å². The SMILES string of the molecule is CN=C(NCCN(C)C1CCCC1)N1CCN(Cc2cc(OC)c(OC)c(OC)c2)CC1. The van der Waals surface area contributed by atoms with Gasteiger partial charge in [-0.2, -0.15) is 0 Å². The van der Waals surface area contributed by atoms with Gasteiger partial charge in [-0.05, 0) is 37.6 Å². The zero-order valence-electron chi connectivity index (χ0n) is 20.5. The average Bonchev–Trinajstić information content (AvgIpc) is 3.37. The smallest absolute Gasteiger partial charge is 0.203 e. The predicted molar refractivity (Wildman–Crippen MR) is 129 cm³/mol. The summed E-state index contributed by atoms with van der Waals surface area (Å²) in [5, 5.41) is 3.57. The van der Waals surface area contributed by atoms with E-state index in [0.29, 0.717) is 17.2 Å². The number of benzene rings is 1. The normalized spacial score (nSPS) is 18.3. The molecular formula is C24H41N5O3. The number of rotatable bonds is 9. The third kappa shape index (κ3) is 6.19. The highest BCUT2D eigenvalue weighted by atomic mass is 16.5. The molecule has 0 bridgehead atoms. The van der Waals surface area contributed by atoms with Crippen LogP contribution in [-0.2, 0) is 6.54 Å². The number of piperazine rings is 1. The van der Waals surface area contributed by atoms with Crippen LogP contribution in [0.4, 0.5) is 0 Å². The van der Waals surface area contributed by atoms with Gasteiger partial charge in [0.25, 0.3) is 0 Å². The number of guanidine groups is 1. The Kier molecular flexibility index (Phi) is 9.29. The van der Waals surface area contributed by atoms with Gasteiger partial charge in [0, 0.05) is 58.9 Å². The zero-order chi connectivity index (χ0) is 22.9. The Hall–Kier alpha value is -2.19. The molecular weight excluding hydrogens is 406 g/mol. The molecule has 1 saturated heterocycles. The Balaban J connectivity index is 1.47. The van der Waals surface area contributed by atoms with Crippen molar-refractivity contribution in [3.63, 3.8) is 0 Å². The van der Waals surface area contributed by atoms with Crippen molar-refractivity contribution in [2.45, 2.75) is 38.3 Å². The van der Waals surface area contributed by atoms with Crippen LogP contribution >= 0.6 is 0 Å². The number of likely N-dealkylation sites (N-methyl/N-ethyl adjacent to an activating group) is 1. The Morgan fingerprint density at radius 1 is 1.03 bits per heavy atom. The number of ether oxygens (including phenoxy) is 3. The largest absolute Gasteiger partial charge is 0.493 e. The lowest BCUT2D eigenvalue weighted by Crippen LogP contribution is -2.53. The number of nitrogens with one attached hydrogen (secondary N) is 1. The minimum atomic E-state index is 0.636. The lowest BCUT2D eigenvalue weighted by atomic mass is 10.1. The molecule has 8 heteroatoms. The molecule has 0 spiro atoms. The van der Waals surface area contributed by atoms with Crippen LogP contribution in [0.5, 0.6) is 17.2 Å². The van der Waals surface area contributed by atoms with E-state index in [9.17, 15) is 0 Å². The maximum absolute atomic E-state index is 5.50. The van der Waals surface area contributed by atoms with E-state index in [-0.39, 0.29) is 0 Å². The summed E-state index contributed by atoms with van der Waals surface area (Å²) in [6.07, 6.45) is 5.45. The van der Waals surface area contributed by atoms with Gasteiger partial charge in [-0.1, -0.05) is 12.8 Å². The second-order valence-corrected chi connectivity index (χ2v) is 8.69. The molecule has 0 atom stereocenters. The lowest BCUT2D eigenvalue weighted by molar-refractivity contribution is 0.171. The molecule has 1 N–H and O–H groups in total. The van der Waals surface area contributed by atoms with E-state index in [1.807, 2.05) is 19.2 Å². The molecule has 1 aromatic carbocycles. The number of hydrogen-bond acceptors (Lipinski definition) is 6. The first-order chi connectivity index (χ1) is 15.6. The Morgan fingerprint density at radius 3 is 2.19 bits per heavy atom. The summed E-state index contributed by atoms with van der Waals surface area (Å²) in [7, 11) is 9.08. The molecule has 1 heterocycles. The van der Waals surface area contributed by atoms with E-state index in [1.165, 1.54) is 25.7 Å². The summed E-state index contributed by atoms with van der Waals surface area (Å²) in [6.45, 7) is 6.74. The van der Waals surface area contributed by atoms with Gasteiger partial charge in [0.1, 0.15) is 0 Å². The number of nitrogens with zero attached hydrogens (tertiary/aromatic N) is 4. The van der Waals surface area contributed by atoms with E-state index in [2.05, 4.69) is 32.1 Å². The summed E-state index contributed by atoms with van der Waals surface area (Å²) in [6, 6.07) is 4.84. The molecule has 1 aliphatic carbocycles. The van der Waals surface area contributed by atoms with Crippen molar-refractivity contribution in [3.8, 4) is 17.2 Å². The molecule has 3 rings (SSSR count). The van der Waals surface area contributed by atoms with Crippen LogP contribution < -0.4 is 19.5 Å². The zero-order valence-corrected chi connectivity index (χ0v) is 20.5. The lowest BCUT2D eigenvalue weighted by Gasteiger charge is -2.37. The standard InChI is InChI=1S/C24H41N5O3/c1-25-24(26-10-11-27(2)20-8-6-7-9-20)29-14-12-28(13-15-29)18-19-16-21(30-3)23(32-5)22(17-19)31-4/h16-17,20H,6-15,18H2,1-5H3,(H,25,26). The predicted octanol–water partition coefficient (Wildman–Crippen LogP) is 2.28. The fourth-order valence-corrected chi connectivity index (χ4v) is 4.81. The van der Waals surface area contributed by atoms with Crippen LogP contribution in [0, 0.1) is 0 Å². The van der Waals surface area contributed by atoms with Crippen molar-refractivity contribution in [1.82, 2.24) is 20.0 Å². The summed E-state index contributed by atoms with van der Waals surface area (Å²) in [5.41, 5.74) is 1.16. The number of aliphatic imine (C=N–C) groups is 1. The van der Waals surface area contributed by atoms with E-state index >= 15 is 0 Å². The maximum Gasteiger partial charge on any atom is 0.203 e. The van der Waals surface area contributed by atoms with Gasteiger partial charge in [-0.3, -0.25) is 9.89 Å². The van der Waals surface area contributed by atoms with E-state index < -0.39 is 0 Å². The average molecular weight is 448 g/mol. The third-order valence-electron chi connectivity index (χ3n) is 6.71. The van der Waals surface area contributed by atoms with E-state index in [4.69, 9.17) is 14.2 Å². The van der Waals surface area contributed by atoms with Gasteiger partial charge < -0.3 is 29.3 Å². The molecule has 1 aliphatic heterocycles. The van der Waals surface area contributed by atoms with Crippen LogP contribution in [0.2, 0.25) is 0 Å². The molecule has 2 aliphatic rings. The fourth-order valence-electron chi connectivity index (χ4n) is 4.81. The van der Waals surface area contributed by atoms with Gasteiger partial charge in [0.2, 0.25) is 5.75 Å². The molecule has 0 radical (unpaired) electrons. The van der Waals surface area contributed by atoms with Crippen molar-refractivity contribution in [2.75, 3.05) is 74.7 Å². The molecule has 1 aromatic rings. The van der Waals surface area contributed by atoms with Crippen LogP contribution in [0.1, 0.15) is 31.2 Å². The first-order valence-corrected chi connectivity index (χ1v) is 11.8. The summed E-state index contributed by atoms with van der Waals surface area (Å²) in [5.74, 6) is 3.05. The monoisotopic (exact) mass is 447 g/mol. The molecule has 0 amide bonds. The van der Waals surface area contributed by atoms with Crippen molar-refractivity contribution in [3.05, 3.63) is 17.7 Å². The van der Waals surface area contributed by atoms with Gasteiger partial charge in [-0.15, -0.1) is 0 Å². The fraction of sp³-hybridized carbons (Fsp3) is 0.708. The van der Waals surface area contributed by atoms with Crippen molar-refractivity contribution < 1.29 is 14.2 Å². The molecule has 8 nitrogen and oxygen atoms in total. The van der Waals surface area contributed by atoms with Gasteiger partial charge in [0.15, 0.2) is 17.5 Å². The van der Waals surface area contributed by atoms with Gasteiger partial charge >= 0.3 is 0 Å². The van der Waals surface area contributed by atoms with Crippen LogP contribution in [0.15, 0.2) is 17.1 Å². The third-order valence-corrected chi connectivity index (χ3v) is 6.71. The first kappa shape index (κ1) is 24.5. The van der Waals surface area contributed by atoms with Crippen molar-refractivity contribution >= 4 is 5.96 Å². The van der Waals surface area contributed by atoms with E-state index in [1.54, 1.807) is 21.3 Å². The first-order valence-electron chi connectivity index (χ1n) is 11.8. The molecule has 180 valence electrons. The van der Waals surface area contributed by atoms with Crippen molar-refractivity contribution in [2.24, 2.45) is 4.99 Å². The highest BCUT2D eigenvalue weighted by Gasteiger charge is 2.22. The highest BCUT2D eigenvalue weighted by Crippen LogP contribution is 2.38. The molecule has 2 fully saturated rings. The topological polar surface area (TPSA) is 61.8 Å². The summed E-state index contributed by atoms with van der Waals surface area (Å²) >= 11 is 0. The minimum Gasteiger partial charge on any atom is -0.493 e. The second-order valence-electron chi connectivity index (χ2n) is 8.69. The summed E-state index contributed by atoms with van der Waals surface area (Å²) in [4.78, 5) is 11.8. The molecule has 32 heavy (non-hydrogen) atoms. The van der Waals surface area contributed by atoms with E-state index in [0.717, 1.165) is 63.4 Å². The Bertz CT molecular complexity index is 718. The van der Waals surface area contributed by atoms with Gasteiger partial charge in [-0.25, -0.2) is 0 Å². The quantitative estimate of drug-likeness (QED) is 0.460. The minimum absolute atomic E-state index is 0.636. The number of methoxy groups -OCH3 is 3. The van der Waals surface area contributed by atoms with Crippen LogP contribution in [0.25, 0.3) is 0 Å². The maximum atomic E-state index is 5.50. The Morgan fingerprint density at radius 2 is 1.66 bits per heavy atom. The Labute approximate surface area is 193 Å². The van der Waals surface area contributed by atoms with Crippen LogP contribution in [0.3, 0.4) is 0 Å².